The normalized spacial score (nSPS) is 18.9. The molecule has 12 nitrogen and oxygen atoms in total. The van der Waals surface area contributed by atoms with E-state index >= 15 is 0 Å². The molecule has 0 unspecified atom stereocenters. The van der Waals surface area contributed by atoms with Crippen molar-refractivity contribution in [2.75, 3.05) is 11.9 Å². The van der Waals surface area contributed by atoms with Crippen LogP contribution in [0.4, 0.5) is 10.7 Å². The van der Waals surface area contributed by atoms with Crippen molar-refractivity contribution in [2.24, 2.45) is 7.05 Å². The number of aryl methyl sites for hydroxylation is 3. The van der Waals surface area contributed by atoms with Crippen molar-refractivity contribution in [3.63, 3.8) is 0 Å². The molecule has 1 aliphatic heterocycles. The van der Waals surface area contributed by atoms with Crippen LogP contribution < -0.4 is 20.1 Å². The smallest absolute Gasteiger partial charge is 0.407 e. The number of hydrogen-bond acceptors (Lipinski definition) is 8. The van der Waals surface area contributed by atoms with Crippen molar-refractivity contribution in [3.05, 3.63) is 47.8 Å². The van der Waals surface area contributed by atoms with Gasteiger partial charge in [-0.3, -0.25) is 15.1 Å². The first kappa shape index (κ1) is 29.5. The number of anilines is 1. The van der Waals surface area contributed by atoms with Crippen LogP contribution in [0.15, 0.2) is 36.5 Å². The van der Waals surface area contributed by atoms with Gasteiger partial charge < -0.3 is 24.1 Å². The van der Waals surface area contributed by atoms with Gasteiger partial charge in [0.15, 0.2) is 0 Å². The van der Waals surface area contributed by atoms with Gasteiger partial charge in [0, 0.05) is 43.7 Å². The summed E-state index contributed by atoms with van der Waals surface area (Å²) < 4.78 is 21.7. The third kappa shape index (κ3) is 6.34. The second-order valence-electron chi connectivity index (χ2n) is 12.5. The second-order valence-corrected chi connectivity index (χ2v) is 12.5. The number of rotatable bonds is 3. The number of carbonyl (C=O) groups is 2. The summed E-state index contributed by atoms with van der Waals surface area (Å²) in [5, 5.41) is 10.3. The molecule has 0 atom stereocenters. The minimum absolute atomic E-state index is 0.00528. The van der Waals surface area contributed by atoms with Crippen LogP contribution in [-0.4, -0.2) is 60.7 Å². The summed E-state index contributed by atoms with van der Waals surface area (Å²) in [4.78, 5) is 35.3. The van der Waals surface area contributed by atoms with E-state index in [0.29, 0.717) is 60.5 Å². The van der Waals surface area contributed by atoms with E-state index in [2.05, 4.69) is 20.7 Å². The van der Waals surface area contributed by atoms with Gasteiger partial charge in [-0.25, -0.2) is 14.5 Å². The molecule has 2 amide bonds. The predicted molar refractivity (Wildman–Crippen MR) is 165 cm³/mol. The molecule has 1 saturated carbocycles. The number of carbonyl (C=O) groups excluding carboxylic acids is 2. The van der Waals surface area contributed by atoms with E-state index in [9.17, 15) is 9.59 Å². The van der Waals surface area contributed by atoms with Crippen LogP contribution in [0.3, 0.4) is 0 Å². The van der Waals surface area contributed by atoms with Gasteiger partial charge in [0.1, 0.15) is 23.0 Å². The minimum atomic E-state index is -0.547. The fourth-order valence-electron chi connectivity index (χ4n) is 5.60. The lowest BCUT2D eigenvalue weighted by atomic mass is 9.89. The number of para-hydroxylation sites is 1. The van der Waals surface area contributed by atoms with E-state index in [-0.39, 0.29) is 18.1 Å². The largest absolute Gasteiger partial charge is 0.488 e. The molecule has 232 valence electrons. The highest BCUT2D eigenvalue weighted by molar-refractivity contribution is 6.05. The summed E-state index contributed by atoms with van der Waals surface area (Å²) >= 11 is 0. The number of amides is 2. The maximum atomic E-state index is 13.6. The molecular weight excluding hydrogens is 562 g/mol. The fraction of sp³-hybridized carbons (Fsp3) is 0.469. The van der Waals surface area contributed by atoms with E-state index < -0.39 is 11.7 Å². The Morgan fingerprint density at radius 2 is 1.95 bits per heavy atom. The zero-order valence-electron chi connectivity index (χ0n) is 25.8. The lowest BCUT2D eigenvalue weighted by Gasteiger charge is -2.36. The first-order chi connectivity index (χ1) is 21.0. The average Bonchev–Trinajstić information content (AvgIpc) is 3.47. The molecular formula is C32H39N7O5. The van der Waals surface area contributed by atoms with E-state index in [1.54, 1.807) is 23.0 Å². The molecule has 4 heterocycles. The Balaban J connectivity index is 1.26. The number of alkyl carbamates (subject to hydrolysis) is 1. The van der Waals surface area contributed by atoms with Crippen molar-refractivity contribution in [1.82, 2.24) is 29.6 Å². The lowest BCUT2D eigenvalue weighted by Crippen LogP contribution is -2.50. The summed E-state index contributed by atoms with van der Waals surface area (Å²) in [7, 11) is 1.83. The highest BCUT2D eigenvalue weighted by Crippen LogP contribution is 2.34. The maximum Gasteiger partial charge on any atom is 0.407 e. The highest BCUT2D eigenvalue weighted by Gasteiger charge is 2.34. The summed E-state index contributed by atoms with van der Waals surface area (Å²) in [6.07, 6.45) is 5.20. The molecule has 2 bridgehead atoms. The van der Waals surface area contributed by atoms with Crippen LogP contribution in [0, 0.1) is 6.92 Å². The van der Waals surface area contributed by atoms with Crippen LogP contribution in [0.5, 0.6) is 11.6 Å². The van der Waals surface area contributed by atoms with E-state index in [4.69, 9.17) is 19.2 Å². The van der Waals surface area contributed by atoms with Crippen LogP contribution in [0.1, 0.15) is 68.9 Å². The quantitative estimate of drug-likeness (QED) is 0.319. The van der Waals surface area contributed by atoms with Gasteiger partial charge in [-0.1, -0.05) is 6.07 Å². The second kappa shape index (κ2) is 11.8. The zero-order chi connectivity index (χ0) is 31.0. The van der Waals surface area contributed by atoms with Gasteiger partial charge in [0.2, 0.25) is 11.8 Å². The number of benzene rings is 1. The first-order valence-electron chi connectivity index (χ1n) is 15.1. The fourth-order valence-corrected chi connectivity index (χ4v) is 5.60. The van der Waals surface area contributed by atoms with Crippen molar-refractivity contribution in [3.8, 4) is 22.9 Å². The number of hydrogen-bond donors (Lipinski definition) is 2. The number of pyridine rings is 1. The third-order valence-electron chi connectivity index (χ3n) is 7.71. The number of nitrogens with zero attached hydrogens (tertiary/aromatic N) is 5. The topological polar surface area (TPSA) is 134 Å². The van der Waals surface area contributed by atoms with Gasteiger partial charge >= 0.3 is 6.09 Å². The van der Waals surface area contributed by atoms with E-state index in [1.165, 1.54) is 0 Å². The molecule has 44 heavy (non-hydrogen) atoms. The summed E-state index contributed by atoms with van der Waals surface area (Å²) in [6.45, 7) is 8.56. The van der Waals surface area contributed by atoms with Gasteiger partial charge in [0.05, 0.1) is 29.6 Å². The molecule has 6 rings (SSSR count). The molecule has 0 radical (unpaired) electrons. The molecule has 1 aromatic carbocycles. The Morgan fingerprint density at radius 3 is 2.75 bits per heavy atom. The lowest BCUT2D eigenvalue weighted by molar-refractivity contribution is 0.0364. The highest BCUT2D eigenvalue weighted by atomic mass is 16.6. The maximum absolute atomic E-state index is 13.6. The summed E-state index contributed by atoms with van der Waals surface area (Å²) in [6, 6.07) is 9.27. The molecule has 4 aromatic rings. The van der Waals surface area contributed by atoms with Crippen molar-refractivity contribution < 1.29 is 23.8 Å². The monoisotopic (exact) mass is 601 g/mol. The van der Waals surface area contributed by atoms with Gasteiger partial charge in [-0.05, 0) is 71.2 Å². The number of ether oxygens (including phenoxy) is 3. The van der Waals surface area contributed by atoms with Crippen molar-refractivity contribution in [1.29, 1.82) is 0 Å². The Labute approximate surface area is 256 Å². The number of aromatic nitrogens is 5. The molecule has 0 spiro atoms. The molecule has 3 aromatic heterocycles. The molecule has 1 aliphatic carbocycles. The Kier molecular flexibility index (Phi) is 7.91. The Bertz CT molecular complexity index is 1700. The third-order valence-corrected chi connectivity index (χ3v) is 7.71. The number of imidazole rings is 1. The van der Waals surface area contributed by atoms with Gasteiger partial charge in [-0.2, -0.15) is 5.10 Å². The van der Waals surface area contributed by atoms with E-state index in [0.717, 1.165) is 35.9 Å². The van der Waals surface area contributed by atoms with E-state index in [1.807, 2.05) is 57.5 Å². The minimum Gasteiger partial charge on any atom is -0.488 e. The van der Waals surface area contributed by atoms with Crippen LogP contribution in [0.2, 0.25) is 0 Å². The van der Waals surface area contributed by atoms with Crippen LogP contribution in [-0.2, 0) is 18.3 Å². The SMILES string of the molecule is Cc1cc2cc(n1)-c1cnn(C)c1OCCCCCn1c(nc3cccc(OC4CC(NC(=O)OC(C)(C)C)C4)c31)NC2=O. The zero-order valence-corrected chi connectivity index (χ0v) is 25.8. The number of nitrogens with one attached hydrogen (secondary N) is 2. The first-order valence-corrected chi connectivity index (χ1v) is 15.1. The molecule has 2 N–H and O–H groups in total. The summed E-state index contributed by atoms with van der Waals surface area (Å²) in [5.74, 6) is 1.50. The van der Waals surface area contributed by atoms with Crippen molar-refractivity contribution >= 4 is 29.0 Å². The predicted octanol–water partition coefficient (Wildman–Crippen LogP) is 5.39. The molecule has 1 fully saturated rings. The standard InChI is InChI=1S/C32H39N7O5/c1-19-14-20-15-25(34-19)23-18-33-38(5)29(23)42-13-8-6-7-12-39-27-24(36-30(39)37-28(20)40)10-9-11-26(27)43-22-16-21(17-22)35-31(41)44-32(2,3)4/h9-11,14-15,18,21-22H,6-8,12-13,16-17H2,1-5H3,(H,35,41)(H,36,37,40). The average molecular weight is 602 g/mol. The molecule has 0 saturated heterocycles. The molecule has 2 aliphatic rings. The van der Waals surface area contributed by atoms with Crippen LogP contribution in [0.25, 0.3) is 22.3 Å². The van der Waals surface area contributed by atoms with Crippen LogP contribution >= 0.6 is 0 Å². The van der Waals surface area contributed by atoms with Gasteiger partial charge in [0.25, 0.3) is 5.91 Å². The van der Waals surface area contributed by atoms with Gasteiger partial charge in [-0.15, -0.1) is 0 Å². The van der Waals surface area contributed by atoms with Crippen molar-refractivity contribution in [2.45, 2.75) is 84.1 Å². The Hall–Kier alpha value is -4.61. The summed E-state index contributed by atoms with van der Waals surface area (Å²) in [5.41, 5.74) is 3.55. The number of fused-ring (bicyclic) bond motifs is 7. The Morgan fingerprint density at radius 1 is 1.14 bits per heavy atom. The molecule has 12 heteroatoms.